The second kappa shape index (κ2) is 6.40. The summed E-state index contributed by atoms with van der Waals surface area (Å²) < 4.78 is 5.21. The molecule has 1 aromatic rings. The maximum atomic E-state index is 11.2. The van der Waals surface area contributed by atoms with Crippen molar-refractivity contribution in [2.24, 2.45) is 0 Å². The Morgan fingerprint density at radius 1 is 1.44 bits per heavy atom. The first-order chi connectivity index (χ1) is 7.63. The molecule has 1 N–H and O–H groups in total. The maximum absolute atomic E-state index is 11.2. The van der Waals surface area contributed by atoms with Crippen molar-refractivity contribution in [1.29, 1.82) is 0 Å². The Morgan fingerprint density at radius 3 is 2.81 bits per heavy atom. The summed E-state index contributed by atoms with van der Waals surface area (Å²) in [7, 11) is 0. The highest BCUT2D eigenvalue weighted by atomic mass is 35.5. The molecule has 0 spiro atoms. The lowest BCUT2D eigenvalue weighted by atomic mass is 10.3. The third-order valence-corrected chi connectivity index (χ3v) is 2.44. The Bertz CT molecular complexity index is 394. The highest BCUT2D eigenvalue weighted by Gasteiger charge is 2.03. The van der Waals surface area contributed by atoms with Crippen LogP contribution in [-0.4, -0.2) is 19.1 Å². The molecule has 3 nitrogen and oxygen atoms in total. The molecule has 0 aliphatic heterocycles. The number of carbonyl (C=O) groups is 1. The predicted molar refractivity (Wildman–Crippen MR) is 65.2 cm³/mol. The van der Waals surface area contributed by atoms with Crippen molar-refractivity contribution >= 4 is 29.1 Å². The highest BCUT2D eigenvalue weighted by Crippen LogP contribution is 2.26. The van der Waals surface area contributed by atoms with E-state index < -0.39 is 0 Å². The van der Waals surface area contributed by atoms with E-state index in [1.165, 1.54) is 0 Å². The minimum absolute atomic E-state index is 0.0637. The van der Waals surface area contributed by atoms with Gasteiger partial charge in [0.25, 0.3) is 5.91 Å². The van der Waals surface area contributed by atoms with E-state index in [-0.39, 0.29) is 12.5 Å². The van der Waals surface area contributed by atoms with Gasteiger partial charge in [0.1, 0.15) is 5.75 Å². The minimum atomic E-state index is -0.217. The van der Waals surface area contributed by atoms with Gasteiger partial charge in [0.05, 0.1) is 10.0 Å². The number of carbonyl (C=O) groups excluding carboxylic acids is 1. The van der Waals surface area contributed by atoms with Crippen molar-refractivity contribution in [3.63, 3.8) is 0 Å². The third-order valence-electron chi connectivity index (χ3n) is 1.70. The molecule has 0 radical (unpaired) electrons. The average Bonchev–Trinajstić information content (AvgIpc) is 2.28. The Hall–Kier alpha value is -1.19. The summed E-state index contributed by atoms with van der Waals surface area (Å²) in [6.07, 6.45) is 1.59. The summed E-state index contributed by atoms with van der Waals surface area (Å²) in [6, 6.07) is 4.82. The van der Waals surface area contributed by atoms with Crippen molar-refractivity contribution in [1.82, 2.24) is 5.32 Å². The highest BCUT2D eigenvalue weighted by molar-refractivity contribution is 6.42. The van der Waals surface area contributed by atoms with Crippen LogP contribution in [0.2, 0.25) is 10.0 Å². The molecular weight excluding hydrogens is 249 g/mol. The van der Waals surface area contributed by atoms with Gasteiger partial charge in [-0.15, -0.1) is 6.58 Å². The van der Waals surface area contributed by atoms with Gasteiger partial charge in [-0.05, 0) is 12.1 Å². The zero-order chi connectivity index (χ0) is 12.0. The van der Waals surface area contributed by atoms with Crippen LogP contribution >= 0.6 is 23.2 Å². The van der Waals surface area contributed by atoms with Crippen LogP contribution in [0.1, 0.15) is 0 Å². The second-order valence-electron chi connectivity index (χ2n) is 2.96. The quantitative estimate of drug-likeness (QED) is 0.826. The SMILES string of the molecule is C=CCNC(=O)COc1ccc(Cl)c(Cl)c1. The summed E-state index contributed by atoms with van der Waals surface area (Å²) in [5, 5.41) is 3.43. The number of benzene rings is 1. The van der Waals surface area contributed by atoms with Gasteiger partial charge in [0.2, 0.25) is 0 Å². The summed E-state index contributed by atoms with van der Waals surface area (Å²) in [4.78, 5) is 11.2. The Labute approximate surface area is 104 Å². The number of hydrogen-bond acceptors (Lipinski definition) is 2. The van der Waals surface area contributed by atoms with Gasteiger partial charge in [-0.3, -0.25) is 4.79 Å². The zero-order valence-electron chi connectivity index (χ0n) is 8.50. The summed E-state index contributed by atoms with van der Waals surface area (Å²) in [5.74, 6) is 0.286. The molecule has 0 saturated carbocycles. The molecule has 0 aliphatic rings. The number of nitrogens with one attached hydrogen (secondary N) is 1. The molecule has 0 saturated heterocycles. The predicted octanol–water partition coefficient (Wildman–Crippen LogP) is 2.67. The molecule has 1 aromatic carbocycles. The fourth-order valence-electron chi connectivity index (χ4n) is 0.953. The number of hydrogen-bond donors (Lipinski definition) is 1. The van der Waals surface area contributed by atoms with Crippen molar-refractivity contribution in [2.75, 3.05) is 13.2 Å². The molecule has 0 heterocycles. The Balaban J connectivity index is 2.45. The first-order valence-corrected chi connectivity index (χ1v) is 5.34. The average molecular weight is 260 g/mol. The number of ether oxygens (including phenoxy) is 1. The van der Waals surface area contributed by atoms with Crippen LogP contribution < -0.4 is 10.1 Å². The molecule has 0 aliphatic carbocycles. The number of rotatable bonds is 5. The van der Waals surface area contributed by atoms with Gasteiger partial charge >= 0.3 is 0 Å². The van der Waals surface area contributed by atoms with Crippen LogP contribution in [-0.2, 0) is 4.79 Å². The maximum Gasteiger partial charge on any atom is 0.258 e. The lowest BCUT2D eigenvalue weighted by molar-refractivity contribution is -0.122. The lowest BCUT2D eigenvalue weighted by Crippen LogP contribution is -2.28. The first kappa shape index (κ1) is 12.9. The van der Waals surface area contributed by atoms with E-state index in [4.69, 9.17) is 27.9 Å². The van der Waals surface area contributed by atoms with Gasteiger partial charge < -0.3 is 10.1 Å². The standard InChI is InChI=1S/C11H11Cl2NO2/c1-2-5-14-11(15)7-16-8-3-4-9(12)10(13)6-8/h2-4,6H,1,5,7H2,(H,14,15). The van der Waals surface area contributed by atoms with E-state index in [1.807, 2.05) is 0 Å². The monoisotopic (exact) mass is 259 g/mol. The van der Waals surface area contributed by atoms with E-state index in [1.54, 1.807) is 24.3 Å². The lowest BCUT2D eigenvalue weighted by Gasteiger charge is -2.06. The van der Waals surface area contributed by atoms with Crippen LogP contribution in [0.15, 0.2) is 30.9 Å². The molecule has 86 valence electrons. The van der Waals surface area contributed by atoms with Crippen LogP contribution in [0.5, 0.6) is 5.75 Å². The van der Waals surface area contributed by atoms with Gasteiger partial charge in [-0.2, -0.15) is 0 Å². The van der Waals surface area contributed by atoms with Gasteiger partial charge in [-0.25, -0.2) is 0 Å². The zero-order valence-corrected chi connectivity index (χ0v) is 10.0. The molecule has 5 heteroatoms. The van der Waals surface area contributed by atoms with Crippen molar-refractivity contribution < 1.29 is 9.53 Å². The number of halogens is 2. The van der Waals surface area contributed by atoms with Crippen LogP contribution in [0.25, 0.3) is 0 Å². The van der Waals surface area contributed by atoms with Gasteiger partial charge in [0, 0.05) is 12.6 Å². The Morgan fingerprint density at radius 2 is 2.19 bits per heavy atom. The van der Waals surface area contributed by atoms with E-state index in [2.05, 4.69) is 11.9 Å². The summed E-state index contributed by atoms with van der Waals surface area (Å²) in [5.41, 5.74) is 0. The molecule has 16 heavy (non-hydrogen) atoms. The van der Waals surface area contributed by atoms with Crippen LogP contribution in [0.4, 0.5) is 0 Å². The molecule has 0 fully saturated rings. The fraction of sp³-hybridized carbons (Fsp3) is 0.182. The van der Waals surface area contributed by atoms with Crippen molar-refractivity contribution in [2.45, 2.75) is 0 Å². The molecule has 1 rings (SSSR count). The fourth-order valence-corrected chi connectivity index (χ4v) is 1.24. The summed E-state index contributed by atoms with van der Waals surface area (Å²) >= 11 is 11.5. The molecular formula is C11H11Cl2NO2. The first-order valence-electron chi connectivity index (χ1n) is 4.59. The van der Waals surface area contributed by atoms with Crippen LogP contribution in [0, 0.1) is 0 Å². The topological polar surface area (TPSA) is 38.3 Å². The van der Waals surface area contributed by atoms with E-state index in [9.17, 15) is 4.79 Å². The normalized spacial score (nSPS) is 9.62. The molecule has 0 unspecified atom stereocenters. The summed E-state index contributed by atoms with van der Waals surface area (Å²) in [6.45, 7) is 3.84. The van der Waals surface area contributed by atoms with E-state index >= 15 is 0 Å². The third kappa shape index (κ3) is 4.13. The smallest absolute Gasteiger partial charge is 0.258 e. The Kier molecular flexibility index (Phi) is 5.15. The van der Waals surface area contributed by atoms with Gasteiger partial charge in [0.15, 0.2) is 6.61 Å². The molecule has 0 aromatic heterocycles. The van der Waals surface area contributed by atoms with Crippen molar-refractivity contribution in [3.05, 3.63) is 40.9 Å². The van der Waals surface area contributed by atoms with Gasteiger partial charge in [-0.1, -0.05) is 29.3 Å². The second-order valence-corrected chi connectivity index (χ2v) is 3.77. The molecule has 1 amide bonds. The van der Waals surface area contributed by atoms with E-state index in [0.717, 1.165) is 0 Å². The molecule has 0 bridgehead atoms. The largest absolute Gasteiger partial charge is 0.484 e. The molecule has 0 atom stereocenters. The van der Waals surface area contributed by atoms with E-state index in [0.29, 0.717) is 22.3 Å². The minimum Gasteiger partial charge on any atom is -0.484 e. The number of amides is 1. The van der Waals surface area contributed by atoms with Crippen LogP contribution in [0.3, 0.4) is 0 Å². The van der Waals surface area contributed by atoms with Crippen molar-refractivity contribution in [3.8, 4) is 5.75 Å².